The normalized spacial score (nSPS) is 10.9. The largest absolute Gasteiger partial charge is 0.506 e. The van der Waals surface area contributed by atoms with Crippen LogP contribution >= 0.6 is 0 Å². The van der Waals surface area contributed by atoms with Crippen LogP contribution in [0.25, 0.3) is 10.9 Å². The van der Waals surface area contributed by atoms with Crippen LogP contribution in [0.15, 0.2) is 53.3 Å². The molecule has 4 heteroatoms. The van der Waals surface area contributed by atoms with Crippen molar-refractivity contribution in [1.29, 1.82) is 0 Å². The van der Waals surface area contributed by atoms with E-state index in [4.69, 9.17) is 0 Å². The van der Waals surface area contributed by atoms with Crippen molar-refractivity contribution >= 4 is 16.7 Å². The number of carbonyl (C=O) groups excluding carboxylic acids is 1. The molecular formula is C20H19NO3. The van der Waals surface area contributed by atoms with Gasteiger partial charge in [-0.2, -0.15) is 0 Å². The molecule has 1 aromatic heterocycles. The topological polar surface area (TPSA) is 70.2 Å². The van der Waals surface area contributed by atoms with Gasteiger partial charge in [0.15, 0.2) is 0 Å². The first-order valence-corrected chi connectivity index (χ1v) is 8.09. The highest BCUT2D eigenvalue weighted by Gasteiger charge is 2.20. The summed E-state index contributed by atoms with van der Waals surface area (Å²) in [6, 6.07) is 14.1. The maximum atomic E-state index is 12.6. The lowest BCUT2D eigenvalue weighted by atomic mass is 9.99. The Kier molecular flexibility index (Phi) is 4.47. The molecule has 0 saturated heterocycles. The first-order chi connectivity index (χ1) is 11.6. The number of hydrogen-bond acceptors (Lipinski definition) is 3. The van der Waals surface area contributed by atoms with E-state index in [0.717, 1.165) is 24.8 Å². The fraction of sp³-hybridized carbons (Fsp3) is 0.200. The summed E-state index contributed by atoms with van der Waals surface area (Å²) in [5, 5.41) is 11.1. The van der Waals surface area contributed by atoms with Gasteiger partial charge in [-0.05, 0) is 30.5 Å². The second-order valence-corrected chi connectivity index (χ2v) is 5.86. The summed E-state index contributed by atoms with van der Waals surface area (Å²) >= 11 is 0. The molecule has 0 radical (unpaired) electrons. The molecule has 0 saturated carbocycles. The lowest BCUT2D eigenvalue weighted by Crippen LogP contribution is -2.18. The Morgan fingerprint density at radius 2 is 1.88 bits per heavy atom. The zero-order valence-corrected chi connectivity index (χ0v) is 13.5. The second-order valence-electron chi connectivity index (χ2n) is 5.86. The standard InChI is InChI=1S/C20H19NO3/c1-2-3-7-13-10-11-16-15(12-13)19(23)17(20(24)21-16)18(22)14-8-5-4-6-9-14/h4-6,8-12H,2-3,7H2,1H3,(H2,21,23,24). The molecule has 0 spiro atoms. The Morgan fingerprint density at radius 1 is 1.12 bits per heavy atom. The second kappa shape index (κ2) is 6.71. The van der Waals surface area contributed by atoms with E-state index >= 15 is 0 Å². The Labute approximate surface area is 139 Å². The van der Waals surface area contributed by atoms with Gasteiger partial charge in [0.1, 0.15) is 11.3 Å². The van der Waals surface area contributed by atoms with E-state index in [0.29, 0.717) is 16.5 Å². The molecule has 24 heavy (non-hydrogen) atoms. The Hall–Kier alpha value is -2.88. The number of aromatic hydroxyl groups is 1. The summed E-state index contributed by atoms with van der Waals surface area (Å²) in [6.07, 6.45) is 3.02. The van der Waals surface area contributed by atoms with Crippen LogP contribution in [0.3, 0.4) is 0 Å². The van der Waals surface area contributed by atoms with Crippen LogP contribution in [-0.4, -0.2) is 15.9 Å². The molecule has 0 atom stereocenters. The van der Waals surface area contributed by atoms with Gasteiger partial charge in [0.2, 0.25) is 5.78 Å². The number of aromatic nitrogens is 1. The van der Waals surface area contributed by atoms with E-state index < -0.39 is 11.3 Å². The number of carbonyl (C=O) groups is 1. The van der Waals surface area contributed by atoms with Crippen molar-refractivity contribution in [2.45, 2.75) is 26.2 Å². The van der Waals surface area contributed by atoms with Crippen LogP contribution in [0, 0.1) is 0 Å². The monoisotopic (exact) mass is 321 g/mol. The van der Waals surface area contributed by atoms with Crippen molar-refractivity contribution in [1.82, 2.24) is 4.98 Å². The van der Waals surface area contributed by atoms with Crippen molar-refractivity contribution in [3.05, 3.63) is 75.6 Å². The van der Waals surface area contributed by atoms with E-state index in [9.17, 15) is 14.7 Å². The predicted octanol–water partition coefficient (Wildman–Crippen LogP) is 3.81. The minimum Gasteiger partial charge on any atom is -0.506 e. The molecule has 2 N–H and O–H groups in total. The number of fused-ring (bicyclic) bond motifs is 1. The summed E-state index contributed by atoms with van der Waals surface area (Å²) in [6.45, 7) is 2.12. The SMILES string of the molecule is CCCCc1ccc2[nH]c(=O)c(C(=O)c3ccccc3)c(O)c2c1. The summed E-state index contributed by atoms with van der Waals surface area (Å²) < 4.78 is 0. The van der Waals surface area contributed by atoms with E-state index in [2.05, 4.69) is 11.9 Å². The first-order valence-electron chi connectivity index (χ1n) is 8.09. The molecule has 4 nitrogen and oxygen atoms in total. The van der Waals surface area contributed by atoms with Gasteiger partial charge in [0.05, 0.1) is 5.52 Å². The van der Waals surface area contributed by atoms with Gasteiger partial charge in [0.25, 0.3) is 5.56 Å². The van der Waals surface area contributed by atoms with E-state index in [1.807, 2.05) is 12.1 Å². The van der Waals surface area contributed by atoms with Gasteiger partial charge in [0, 0.05) is 10.9 Å². The third-order valence-corrected chi connectivity index (χ3v) is 4.13. The predicted molar refractivity (Wildman–Crippen MR) is 94.7 cm³/mol. The number of nitrogens with one attached hydrogen (secondary N) is 1. The maximum Gasteiger partial charge on any atom is 0.263 e. The minimum atomic E-state index is -0.574. The fourth-order valence-electron chi connectivity index (χ4n) is 2.80. The van der Waals surface area contributed by atoms with E-state index in [-0.39, 0.29) is 11.3 Å². The van der Waals surface area contributed by atoms with Gasteiger partial charge in [-0.3, -0.25) is 9.59 Å². The van der Waals surface area contributed by atoms with Crippen LogP contribution in [0.1, 0.15) is 41.3 Å². The molecule has 0 aliphatic carbocycles. The Balaban J connectivity index is 2.14. The number of aryl methyl sites for hydroxylation is 1. The van der Waals surface area contributed by atoms with Gasteiger partial charge in [-0.25, -0.2) is 0 Å². The minimum absolute atomic E-state index is 0.207. The van der Waals surface area contributed by atoms with Crippen LogP contribution in [-0.2, 0) is 6.42 Å². The van der Waals surface area contributed by atoms with Gasteiger partial charge in [-0.1, -0.05) is 49.7 Å². The van der Waals surface area contributed by atoms with Crippen LogP contribution in [0.4, 0.5) is 0 Å². The molecule has 0 amide bonds. The number of unbranched alkanes of at least 4 members (excludes halogenated alkanes) is 1. The molecular weight excluding hydrogens is 302 g/mol. The van der Waals surface area contributed by atoms with E-state index in [1.165, 1.54) is 0 Å². The molecule has 3 rings (SSSR count). The number of pyridine rings is 1. The maximum absolute atomic E-state index is 12.6. The van der Waals surface area contributed by atoms with Crippen LogP contribution in [0.2, 0.25) is 0 Å². The number of hydrogen-bond donors (Lipinski definition) is 2. The number of benzene rings is 2. The molecule has 1 heterocycles. The third kappa shape index (κ3) is 2.95. The molecule has 122 valence electrons. The average molecular weight is 321 g/mol. The van der Waals surface area contributed by atoms with Crippen molar-refractivity contribution in [3.63, 3.8) is 0 Å². The van der Waals surface area contributed by atoms with Crippen LogP contribution < -0.4 is 5.56 Å². The van der Waals surface area contributed by atoms with Crippen molar-refractivity contribution in [2.75, 3.05) is 0 Å². The Bertz CT molecular complexity index is 942. The highest BCUT2D eigenvalue weighted by molar-refractivity contribution is 6.12. The van der Waals surface area contributed by atoms with Gasteiger partial charge >= 0.3 is 0 Å². The summed E-state index contributed by atoms with van der Waals surface area (Å²) in [5.74, 6) is -0.726. The molecule has 0 bridgehead atoms. The number of rotatable bonds is 5. The molecule has 0 fully saturated rings. The molecule has 0 unspecified atom stereocenters. The zero-order chi connectivity index (χ0) is 17.1. The van der Waals surface area contributed by atoms with Gasteiger partial charge in [-0.15, -0.1) is 0 Å². The Morgan fingerprint density at radius 3 is 2.58 bits per heavy atom. The van der Waals surface area contributed by atoms with Gasteiger partial charge < -0.3 is 10.1 Å². The van der Waals surface area contributed by atoms with Crippen LogP contribution in [0.5, 0.6) is 5.75 Å². The smallest absolute Gasteiger partial charge is 0.263 e. The highest BCUT2D eigenvalue weighted by atomic mass is 16.3. The summed E-state index contributed by atoms with van der Waals surface area (Å²) in [5.41, 5.74) is 1.20. The van der Waals surface area contributed by atoms with Crippen molar-refractivity contribution < 1.29 is 9.90 Å². The molecule has 0 aliphatic heterocycles. The quantitative estimate of drug-likeness (QED) is 0.702. The van der Waals surface area contributed by atoms with E-state index in [1.54, 1.807) is 36.4 Å². The zero-order valence-electron chi connectivity index (χ0n) is 13.5. The summed E-state index contributed by atoms with van der Waals surface area (Å²) in [4.78, 5) is 27.6. The lowest BCUT2D eigenvalue weighted by molar-refractivity contribution is 0.103. The third-order valence-electron chi connectivity index (χ3n) is 4.13. The first kappa shape index (κ1) is 16.0. The summed E-state index contributed by atoms with van der Waals surface area (Å²) in [7, 11) is 0. The number of H-pyrrole nitrogens is 1. The molecule has 0 aliphatic rings. The molecule has 2 aromatic carbocycles. The lowest BCUT2D eigenvalue weighted by Gasteiger charge is -2.09. The number of aromatic amines is 1. The molecule has 3 aromatic rings. The average Bonchev–Trinajstić information content (AvgIpc) is 2.61. The van der Waals surface area contributed by atoms with Crippen molar-refractivity contribution in [3.8, 4) is 5.75 Å². The number of ketones is 1. The highest BCUT2D eigenvalue weighted by Crippen LogP contribution is 2.27. The fourth-order valence-corrected chi connectivity index (χ4v) is 2.80. The van der Waals surface area contributed by atoms with Crippen molar-refractivity contribution in [2.24, 2.45) is 0 Å².